The van der Waals surface area contributed by atoms with Gasteiger partial charge in [0, 0.05) is 11.3 Å². The summed E-state index contributed by atoms with van der Waals surface area (Å²) in [6.07, 6.45) is 3.87. The van der Waals surface area contributed by atoms with Crippen LogP contribution in [0.1, 0.15) is 48.5 Å². The topological polar surface area (TPSA) is 75.4 Å². The largest absolute Gasteiger partial charge is 0.399 e. The van der Waals surface area contributed by atoms with Gasteiger partial charge in [-0.3, -0.25) is 4.79 Å². The lowest BCUT2D eigenvalue weighted by Gasteiger charge is -2.39. The predicted octanol–water partition coefficient (Wildman–Crippen LogP) is 2.25. The molecule has 2 unspecified atom stereocenters. The molecule has 1 fully saturated rings. The maximum Gasteiger partial charge on any atom is 0.252 e. The van der Waals surface area contributed by atoms with Gasteiger partial charge in [-0.05, 0) is 43.4 Å². The Bertz CT molecular complexity index is 501. The highest BCUT2D eigenvalue weighted by Crippen LogP contribution is 2.32. The van der Waals surface area contributed by atoms with Crippen molar-refractivity contribution in [3.05, 3.63) is 29.3 Å². The van der Waals surface area contributed by atoms with E-state index in [4.69, 9.17) is 5.73 Å². The highest BCUT2D eigenvalue weighted by Gasteiger charge is 2.36. The number of benzene rings is 1. The molecule has 110 valence electrons. The number of nitrogens with two attached hydrogens (primary N) is 1. The average molecular weight is 276 g/mol. The number of aliphatic hydroxyl groups is 1. The van der Waals surface area contributed by atoms with Crippen molar-refractivity contribution in [1.29, 1.82) is 0 Å². The van der Waals surface area contributed by atoms with Gasteiger partial charge in [-0.15, -0.1) is 0 Å². The maximum atomic E-state index is 12.5. The average Bonchev–Trinajstić information content (AvgIpc) is 2.41. The van der Waals surface area contributed by atoms with Gasteiger partial charge in [0.1, 0.15) is 0 Å². The van der Waals surface area contributed by atoms with E-state index < -0.39 is 5.54 Å². The van der Waals surface area contributed by atoms with Crippen LogP contribution in [0.3, 0.4) is 0 Å². The van der Waals surface area contributed by atoms with Gasteiger partial charge in [-0.2, -0.15) is 0 Å². The minimum Gasteiger partial charge on any atom is -0.399 e. The Hall–Kier alpha value is -1.55. The van der Waals surface area contributed by atoms with Crippen molar-refractivity contribution >= 4 is 11.6 Å². The van der Waals surface area contributed by atoms with Crippen LogP contribution in [0.4, 0.5) is 5.69 Å². The molecule has 2 rings (SSSR count). The molecule has 1 amide bonds. The zero-order valence-electron chi connectivity index (χ0n) is 12.3. The second-order valence-electron chi connectivity index (χ2n) is 6.17. The molecule has 4 nitrogen and oxygen atoms in total. The number of carbonyl (C=O) groups is 1. The summed E-state index contributed by atoms with van der Waals surface area (Å²) in [5, 5.41) is 12.8. The van der Waals surface area contributed by atoms with Crippen LogP contribution in [0.2, 0.25) is 0 Å². The Morgan fingerprint density at radius 1 is 1.55 bits per heavy atom. The number of nitrogen functional groups attached to an aromatic ring is 1. The van der Waals surface area contributed by atoms with Gasteiger partial charge in [0.05, 0.1) is 12.1 Å². The summed E-state index contributed by atoms with van der Waals surface area (Å²) in [4.78, 5) is 12.5. The molecule has 0 saturated heterocycles. The summed E-state index contributed by atoms with van der Waals surface area (Å²) in [5.41, 5.74) is 7.35. The Balaban J connectivity index is 2.19. The number of anilines is 1. The van der Waals surface area contributed by atoms with Crippen LogP contribution in [-0.2, 0) is 0 Å². The van der Waals surface area contributed by atoms with Gasteiger partial charge in [-0.25, -0.2) is 0 Å². The normalized spacial score (nSPS) is 26.2. The minimum absolute atomic E-state index is 0.00948. The van der Waals surface area contributed by atoms with Gasteiger partial charge in [0.15, 0.2) is 0 Å². The minimum atomic E-state index is -0.480. The molecule has 0 aliphatic heterocycles. The molecule has 1 aliphatic rings. The second-order valence-corrected chi connectivity index (χ2v) is 6.17. The number of aryl methyl sites for hydroxylation is 1. The number of hydrogen-bond acceptors (Lipinski definition) is 3. The lowest BCUT2D eigenvalue weighted by Crippen LogP contribution is -2.54. The molecule has 1 saturated carbocycles. The number of hydrogen-bond donors (Lipinski definition) is 3. The highest BCUT2D eigenvalue weighted by molar-refractivity contribution is 5.97. The van der Waals surface area contributed by atoms with E-state index in [9.17, 15) is 9.90 Å². The van der Waals surface area contributed by atoms with Gasteiger partial charge < -0.3 is 16.2 Å². The highest BCUT2D eigenvalue weighted by atomic mass is 16.3. The summed E-state index contributed by atoms with van der Waals surface area (Å²) in [5.74, 6) is 0.385. The molecule has 0 heterocycles. The van der Waals surface area contributed by atoms with E-state index in [1.54, 1.807) is 12.1 Å². The third kappa shape index (κ3) is 3.12. The summed E-state index contributed by atoms with van der Waals surface area (Å²) in [6, 6.07) is 5.33. The molecule has 4 N–H and O–H groups in total. The molecule has 0 aromatic heterocycles. The lowest BCUT2D eigenvalue weighted by atomic mass is 9.76. The standard InChI is InChI=1S/C16H24N2O2/c1-11-4-3-7-16(9-11,10-19)18-15(20)14-8-13(17)6-5-12(14)2/h5-6,8,11,19H,3-4,7,9-10,17H2,1-2H3,(H,18,20). The molecule has 1 aromatic rings. The summed E-state index contributed by atoms with van der Waals surface area (Å²) < 4.78 is 0. The second kappa shape index (κ2) is 5.83. The summed E-state index contributed by atoms with van der Waals surface area (Å²) >= 11 is 0. The molecule has 20 heavy (non-hydrogen) atoms. The molecule has 0 radical (unpaired) electrons. The zero-order valence-corrected chi connectivity index (χ0v) is 12.3. The Morgan fingerprint density at radius 3 is 2.95 bits per heavy atom. The Morgan fingerprint density at radius 2 is 2.30 bits per heavy atom. The van der Waals surface area contributed by atoms with E-state index in [2.05, 4.69) is 12.2 Å². The van der Waals surface area contributed by atoms with E-state index >= 15 is 0 Å². The van der Waals surface area contributed by atoms with Crippen molar-refractivity contribution in [1.82, 2.24) is 5.32 Å². The molecule has 2 atom stereocenters. The quantitative estimate of drug-likeness (QED) is 0.741. The molecular formula is C16H24N2O2. The van der Waals surface area contributed by atoms with Gasteiger partial charge in [0.25, 0.3) is 5.91 Å². The van der Waals surface area contributed by atoms with Crippen molar-refractivity contribution in [2.45, 2.75) is 45.1 Å². The SMILES string of the molecule is Cc1ccc(N)cc1C(=O)NC1(CO)CCCC(C)C1. The van der Waals surface area contributed by atoms with Crippen molar-refractivity contribution in [3.8, 4) is 0 Å². The monoisotopic (exact) mass is 276 g/mol. The Kier molecular flexibility index (Phi) is 4.33. The van der Waals surface area contributed by atoms with E-state index in [1.165, 1.54) is 0 Å². The van der Waals surface area contributed by atoms with E-state index in [0.717, 1.165) is 31.2 Å². The van der Waals surface area contributed by atoms with E-state index in [1.807, 2.05) is 13.0 Å². The van der Waals surface area contributed by atoms with Crippen LogP contribution in [0.25, 0.3) is 0 Å². The molecule has 0 spiro atoms. The van der Waals surface area contributed by atoms with Crippen LogP contribution in [0.5, 0.6) is 0 Å². The fourth-order valence-corrected chi connectivity index (χ4v) is 3.15. The summed E-state index contributed by atoms with van der Waals surface area (Å²) in [6.45, 7) is 4.05. The van der Waals surface area contributed by atoms with Crippen LogP contribution < -0.4 is 11.1 Å². The van der Waals surface area contributed by atoms with E-state index in [0.29, 0.717) is 17.2 Å². The van der Waals surface area contributed by atoms with Crippen LogP contribution in [0, 0.1) is 12.8 Å². The first kappa shape index (κ1) is 14.9. The predicted molar refractivity (Wildman–Crippen MR) is 80.5 cm³/mol. The number of rotatable bonds is 3. The third-order valence-corrected chi connectivity index (χ3v) is 4.28. The van der Waals surface area contributed by atoms with Gasteiger partial charge >= 0.3 is 0 Å². The van der Waals surface area contributed by atoms with Crippen LogP contribution in [0.15, 0.2) is 18.2 Å². The van der Waals surface area contributed by atoms with Crippen molar-refractivity contribution in [2.24, 2.45) is 5.92 Å². The molecular weight excluding hydrogens is 252 g/mol. The fourth-order valence-electron chi connectivity index (χ4n) is 3.15. The molecule has 1 aromatic carbocycles. The fraction of sp³-hybridized carbons (Fsp3) is 0.562. The van der Waals surface area contributed by atoms with Crippen LogP contribution >= 0.6 is 0 Å². The Labute approximate surface area is 120 Å². The first-order valence-corrected chi connectivity index (χ1v) is 7.25. The summed E-state index contributed by atoms with van der Waals surface area (Å²) in [7, 11) is 0. The molecule has 4 heteroatoms. The number of nitrogens with one attached hydrogen (secondary N) is 1. The van der Waals surface area contributed by atoms with Crippen LogP contribution in [-0.4, -0.2) is 23.2 Å². The maximum absolute atomic E-state index is 12.5. The van der Waals surface area contributed by atoms with E-state index in [-0.39, 0.29) is 12.5 Å². The third-order valence-electron chi connectivity index (χ3n) is 4.28. The smallest absolute Gasteiger partial charge is 0.252 e. The van der Waals surface area contributed by atoms with Crippen molar-refractivity contribution < 1.29 is 9.90 Å². The molecule has 1 aliphatic carbocycles. The molecule has 0 bridgehead atoms. The first-order valence-electron chi connectivity index (χ1n) is 7.25. The lowest BCUT2D eigenvalue weighted by molar-refractivity contribution is 0.0696. The number of aliphatic hydroxyl groups excluding tert-OH is 1. The zero-order chi connectivity index (χ0) is 14.8. The first-order chi connectivity index (χ1) is 9.46. The van der Waals surface area contributed by atoms with Crippen molar-refractivity contribution in [3.63, 3.8) is 0 Å². The number of amides is 1. The van der Waals surface area contributed by atoms with Crippen molar-refractivity contribution in [2.75, 3.05) is 12.3 Å². The number of carbonyl (C=O) groups excluding carboxylic acids is 1. The van der Waals surface area contributed by atoms with Gasteiger partial charge in [0.2, 0.25) is 0 Å². The van der Waals surface area contributed by atoms with Gasteiger partial charge in [-0.1, -0.05) is 25.8 Å².